The van der Waals surface area contributed by atoms with Gasteiger partial charge in [0.2, 0.25) is 0 Å². The first-order valence-electron chi connectivity index (χ1n) is 3.94. The lowest BCUT2D eigenvalue weighted by atomic mass is 10.1. The second-order valence-electron chi connectivity index (χ2n) is 3.04. The van der Waals surface area contributed by atoms with E-state index in [1.165, 1.54) is 0 Å². The van der Waals surface area contributed by atoms with Crippen LogP contribution in [0.4, 0.5) is 0 Å². The second-order valence-corrected chi connectivity index (χ2v) is 4.71. The molecule has 2 rings (SSSR count). The van der Waals surface area contributed by atoms with Gasteiger partial charge in [-0.3, -0.25) is 0 Å². The van der Waals surface area contributed by atoms with E-state index in [2.05, 4.69) is 0 Å². The van der Waals surface area contributed by atoms with Gasteiger partial charge in [-0.1, -0.05) is 23.2 Å². The van der Waals surface area contributed by atoms with Gasteiger partial charge in [-0.25, -0.2) is 0 Å². The van der Waals surface area contributed by atoms with Gasteiger partial charge in [0.05, 0.1) is 14.7 Å². The van der Waals surface area contributed by atoms with Crippen LogP contribution in [-0.2, 0) is 0 Å². The number of hydrogen-bond donors (Lipinski definition) is 0. The lowest BCUT2D eigenvalue weighted by Crippen LogP contribution is -1.84. The summed E-state index contributed by atoms with van der Waals surface area (Å²) in [6.45, 7) is 4.00. The summed E-state index contributed by atoms with van der Waals surface area (Å²) in [5, 5.41) is 4.76. The summed E-state index contributed by atoms with van der Waals surface area (Å²) in [7, 11) is 0. The Morgan fingerprint density at radius 1 is 1.08 bits per heavy atom. The van der Waals surface area contributed by atoms with E-state index >= 15 is 0 Å². The molecule has 0 nitrogen and oxygen atoms in total. The van der Waals surface area contributed by atoms with Crippen LogP contribution >= 0.6 is 34.5 Å². The highest BCUT2D eigenvalue weighted by Crippen LogP contribution is 2.38. The zero-order chi connectivity index (χ0) is 9.59. The van der Waals surface area contributed by atoms with Crippen molar-refractivity contribution in [3.63, 3.8) is 0 Å². The van der Waals surface area contributed by atoms with E-state index in [9.17, 15) is 0 Å². The van der Waals surface area contributed by atoms with Crippen molar-refractivity contribution >= 4 is 44.6 Å². The molecule has 0 N–H and O–H groups in total. The molecule has 0 fully saturated rings. The smallest absolute Gasteiger partial charge is 0.0617 e. The van der Waals surface area contributed by atoms with Gasteiger partial charge in [-0.05, 0) is 36.4 Å². The van der Waals surface area contributed by atoms with Crippen molar-refractivity contribution in [1.29, 1.82) is 0 Å². The molecular formula is C10H8Cl2S. The number of rotatable bonds is 0. The van der Waals surface area contributed by atoms with E-state index in [4.69, 9.17) is 23.2 Å². The van der Waals surface area contributed by atoms with Gasteiger partial charge in [-0.15, -0.1) is 11.3 Å². The number of fused-ring (bicyclic) bond motifs is 1. The third-order valence-corrected chi connectivity index (χ3v) is 4.33. The van der Waals surface area contributed by atoms with Crippen LogP contribution in [0.25, 0.3) is 10.1 Å². The highest BCUT2D eigenvalue weighted by molar-refractivity contribution is 7.18. The molecule has 0 saturated carbocycles. The molecule has 0 atom stereocenters. The van der Waals surface area contributed by atoms with Crippen molar-refractivity contribution in [2.45, 2.75) is 13.8 Å². The highest BCUT2D eigenvalue weighted by Gasteiger charge is 2.11. The topological polar surface area (TPSA) is 0 Å². The van der Waals surface area contributed by atoms with Crippen LogP contribution in [0, 0.1) is 13.8 Å². The molecule has 0 amide bonds. The zero-order valence-electron chi connectivity index (χ0n) is 7.32. The molecule has 0 saturated heterocycles. The van der Waals surface area contributed by atoms with Crippen molar-refractivity contribution in [3.8, 4) is 0 Å². The number of benzene rings is 1. The largest absolute Gasteiger partial charge is 0.142 e. The molecular weight excluding hydrogens is 223 g/mol. The molecule has 0 spiro atoms. The average molecular weight is 231 g/mol. The van der Waals surface area contributed by atoms with Gasteiger partial charge in [0.25, 0.3) is 0 Å². The average Bonchev–Trinajstić information content (AvgIpc) is 2.59. The molecule has 3 heteroatoms. The van der Waals surface area contributed by atoms with E-state index in [1.54, 1.807) is 11.3 Å². The summed E-state index contributed by atoms with van der Waals surface area (Å²) in [6, 6.07) is 2.01. The van der Waals surface area contributed by atoms with Crippen LogP contribution < -0.4 is 0 Å². The van der Waals surface area contributed by atoms with Crippen LogP contribution in [0.5, 0.6) is 0 Å². The maximum absolute atomic E-state index is 6.20. The molecule has 2 aromatic rings. The van der Waals surface area contributed by atoms with Gasteiger partial charge >= 0.3 is 0 Å². The number of hydrogen-bond acceptors (Lipinski definition) is 1. The first-order valence-corrected chi connectivity index (χ1v) is 5.58. The van der Waals surface area contributed by atoms with Crippen LogP contribution in [0.15, 0.2) is 11.4 Å². The Kier molecular flexibility index (Phi) is 2.26. The molecule has 1 aromatic carbocycles. The molecule has 0 aliphatic heterocycles. The highest BCUT2D eigenvalue weighted by atomic mass is 35.5. The van der Waals surface area contributed by atoms with Gasteiger partial charge in [0, 0.05) is 5.39 Å². The van der Waals surface area contributed by atoms with Crippen molar-refractivity contribution in [2.75, 3.05) is 0 Å². The monoisotopic (exact) mass is 230 g/mol. The molecule has 0 aliphatic rings. The van der Waals surface area contributed by atoms with Crippen LogP contribution in [-0.4, -0.2) is 0 Å². The number of thiophene rings is 1. The predicted molar refractivity (Wildman–Crippen MR) is 61.3 cm³/mol. The maximum Gasteiger partial charge on any atom is 0.0617 e. The van der Waals surface area contributed by atoms with Crippen LogP contribution in [0.1, 0.15) is 11.1 Å². The fourth-order valence-electron chi connectivity index (χ4n) is 1.35. The van der Waals surface area contributed by atoms with Gasteiger partial charge < -0.3 is 0 Å². The standard InChI is InChI=1S/C10H8Cl2S/c1-5-6(2)9(12)10-7(8(5)11)3-4-13-10/h3-4H,1-2H3. The minimum absolute atomic E-state index is 0.832. The predicted octanol–water partition coefficient (Wildman–Crippen LogP) is 4.82. The quantitative estimate of drug-likeness (QED) is 0.609. The molecule has 13 heavy (non-hydrogen) atoms. The molecule has 0 aliphatic carbocycles. The summed E-state index contributed by atoms with van der Waals surface area (Å²) in [6.07, 6.45) is 0. The Balaban J connectivity index is 3.02. The SMILES string of the molecule is Cc1c(C)c(Cl)c2sccc2c1Cl. The Morgan fingerprint density at radius 3 is 2.38 bits per heavy atom. The molecule has 0 radical (unpaired) electrons. The van der Waals surface area contributed by atoms with Crippen molar-refractivity contribution < 1.29 is 0 Å². The lowest BCUT2D eigenvalue weighted by molar-refractivity contribution is 1.37. The second kappa shape index (κ2) is 3.16. The van der Waals surface area contributed by atoms with Crippen molar-refractivity contribution in [2.24, 2.45) is 0 Å². The van der Waals surface area contributed by atoms with E-state index in [0.717, 1.165) is 31.3 Å². The molecule has 68 valence electrons. The summed E-state index contributed by atoms with van der Waals surface area (Å²) in [5.41, 5.74) is 2.17. The summed E-state index contributed by atoms with van der Waals surface area (Å²) < 4.78 is 1.09. The Morgan fingerprint density at radius 2 is 1.69 bits per heavy atom. The summed E-state index contributed by atoms with van der Waals surface area (Å²) in [5.74, 6) is 0. The van der Waals surface area contributed by atoms with E-state index < -0.39 is 0 Å². The number of halogens is 2. The molecule has 0 bridgehead atoms. The summed E-state index contributed by atoms with van der Waals surface area (Å²) >= 11 is 14.0. The van der Waals surface area contributed by atoms with Gasteiger partial charge in [-0.2, -0.15) is 0 Å². The van der Waals surface area contributed by atoms with Crippen LogP contribution in [0.3, 0.4) is 0 Å². The minimum Gasteiger partial charge on any atom is -0.142 e. The minimum atomic E-state index is 0.832. The van der Waals surface area contributed by atoms with E-state index in [0.29, 0.717) is 0 Å². The summed E-state index contributed by atoms with van der Waals surface area (Å²) in [4.78, 5) is 0. The third-order valence-electron chi connectivity index (χ3n) is 2.32. The Bertz CT molecular complexity index is 429. The molecule has 1 aromatic heterocycles. The van der Waals surface area contributed by atoms with Crippen LogP contribution in [0.2, 0.25) is 10.0 Å². The van der Waals surface area contributed by atoms with Gasteiger partial charge in [0.15, 0.2) is 0 Å². The zero-order valence-corrected chi connectivity index (χ0v) is 9.65. The van der Waals surface area contributed by atoms with Gasteiger partial charge in [0.1, 0.15) is 0 Å². The first kappa shape index (κ1) is 9.32. The van der Waals surface area contributed by atoms with Crippen molar-refractivity contribution in [3.05, 3.63) is 32.6 Å². The van der Waals surface area contributed by atoms with E-state index in [1.807, 2.05) is 25.3 Å². The fraction of sp³-hybridized carbons (Fsp3) is 0.200. The van der Waals surface area contributed by atoms with E-state index in [-0.39, 0.29) is 0 Å². The first-order chi connectivity index (χ1) is 6.13. The lowest BCUT2D eigenvalue weighted by Gasteiger charge is -2.06. The Hall–Kier alpha value is -0.240. The maximum atomic E-state index is 6.20. The normalized spacial score (nSPS) is 11.1. The third kappa shape index (κ3) is 1.26. The molecule has 1 heterocycles. The molecule has 0 unspecified atom stereocenters. The Labute approximate surface area is 91.1 Å². The van der Waals surface area contributed by atoms with Crippen molar-refractivity contribution in [1.82, 2.24) is 0 Å². The fourth-order valence-corrected chi connectivity index (χ4v) is 2.98.